The Labute approximate surface area is 444 Å². The largest absolute Gasteiger partial charge is 0.398 e. The minimum absolute atomic E-state index is 0.334. The number of anilines is 3. The van der Waals surface area contributed by atoms with Gasteiger partial charge in [0.2, 0.25) is 0 Å². The molecule has 3 aromatic carbocycles. The van der Waals surface area contributed by atoms with Crippen LogP contribution in [0.1, 0.15) is 34.1 Å². The molecule has 408 valence electrons. The third-order valence-corrected chi connectivity index (χ3v) is 16.6. The number of nitrogen functional groups attached to an aromatic ring is 3. The van der Waals surface area contributed by atoms with E-state index in [-0.39, 0.29) is 0 Å². The molecule has 0 amide bonds. The number of likely N-dealkylation sites (N-methyl/N-ethyl adjacent to an activating group) is 2. The average molecular weight is 1020 g/mol. The topological polar surface area (TPSA) is 130 Å². The Morgan fingerprint density at radius 1 is 0.446 bits per heavy atom. The molecule has 3 atom stereocenters. The summed E-state index contributed by atoms with van der Waals surface area (Å²) < 4.78 is 28.1. The molecule has 74 heavy (non-hydrogen) atoms. The second-order valence-electron chi connectivity index (χ2n) is 22.9. The van der Waals surface area contributed by atoms with Crippen molar-refractivity contribution in [3.63, 3.8) is 0 Å². The first-order chi connectivity index (χ1) is 35.5. The van der Waals surface area contributed by atoms with E-state index < -0.39 is 0 Å². The van der Waals surface area contributed by atoms with Crippen molar-refractivity contribution in [3.05, 3.63) is 91.4 Å². The van der Waals surface area contributed by atoms with E-state index >= 15 is 0 Å². The number of morpholine rings is 3. The summed E-state index contributed by atoms with van der Waals surface area (Å²) in [5, 5.41) is 3.46. The van der Waals surface area contributed by atoms with Crippen molar-refractivity contribution in [2.24, 2.45) is 0 Å². The molecule has 15 heteroatoms. The molecule has 6 N–H and O–H groups in total. The maximum Gasteiger partial charge on any atom is 0.119 e. The Morgan fingerprint density at radius 3 is 1.16 bits per heavy atom. The maximum absolute atomic E-state index is 6.08. The summed E-state index contributed by atoms with van der Waals surface area (Å²) in [6.45, 7) is 32.1. The van der Waals surface area contributed by atoms with Gasteiger partial charge in [-0.15, -0.1) is 0 Å². The Bertz CT molecular complexity index is 2630. The minimum Gasteiger partial charge on any atom is -0.398 e. The number of hydrogen-bond donors (Lipinski definition) is 3. The van der Waals surface area contributed by atoms with E-state index in [4.69, 9.17) is 31.4 Å². The van der Waals surface area contributed by atoms with Gasteiger partial charge < -0.3 is 58.6 Å². The van der Waals surface area contributed by atoms with Gasteiger partial charge in [0.15, 0.2) is 0 Å². The van der Waals surface area contributed by atoms with Gasteiger partial charge in [-0.05, 0) is 82.3 Å². The molecular weight excluding hydrogens is 925 g/mol. The lowest BCUT2D eigenvalue weighted by Crippen LogP contribution is -2.54. The maximum atomic E-state index is 6.08. The zero-order chi connectivity index (χ0) is 52.9. The summed E-state index contributed by atoms with van der Waals surface area (Å²) in [7, 11) is 11.3. The van der Waals surface area contributed by atoms with E-state index in [0.717, 1.165) is 178 Å². The molecule has 0 spiro atoms. The molecule has 6 heterocycles. The fraction of sp³-hybridized carbons (Fsp3) is 0.593. The Kier molecular flexibility index (Phi) is 20.3. The van der Waals surface area contributed by atoms with Crippen molar-refractivity contribution in [2.45, 2.75) is 72.1 Å². The highest BCUT2D eigenvalue weighted by Crippen LogP contribution is 2.25. The predicted molar refractivity (Wildman–Crippen MR) is 309 cm³/mol. The van der Waals surface area contributed by atoms with Crippen LogP contribution >= 0.6 is 0 Å². The van der Waals surface area contributed by atoms with Crippen LogP contribution in [0.4, 0.5) is 17.1 Å². The molecule has 3 saturated heterocycles. The summed E-state index contributed by atoms with van der Waals surface area (Å²) in [4.78, 5) is 7.61. The Balaban J connectivity index is 0.000000162. The van der Waals surface area contributed by atoms with E-state index in [1.54, 1.807) is 0 Å². The van der Waals surface area contributed by atoms with E-state index in [9.17, 15) is 0 Å². The van der Waals surface area contributed by atoms with Gasteiger partial charge in [-0.25, -0.2) is 0 Å². The number of benzene rings is 3. The van der Waals surface area contributed by atoms with Gasteiger partial charge in [0.05, 0.1) is 110 Å². The summed E-state index contributed by atoms with van der Waals surface area (Å²) in [5.41, 5.74) is 24.4. The number of fused-ring (bicyclic) bond motifs is 3. The van der Waals surface area contributed by atoms with Crippen LogP contribution in [0.2, 0.25) is 0 Å². The van der Waals surface area contributed by atoms with Gasteiger partial charge >= 0.3 is 0 Å². The lowest BCUT2D eigenvalue weighted by Gasteiger charge is -2.39. The van der Waals surface area contributed by atoms with Gasteiger partial charge in [0.1, 0.15) is 25.3 Å². The van der Waals surface area contributed by atoms with Crippen LogP contribution < -0.4 is 17.2 Å². The smallest absolute Gasteiger partial charge is 0.119 e. The van der Waals surface area contributed by atoms with Gasteiger partial charge in [0, 0.05) is 137 Å². The van der Waals surface area contributed by atoms with E-state index in [1.807, 2.05) is 36.4 Å². The Hall–Kier alpha value is -4.68. The highest BCUT2D eigenvalue weighted by molar-refractivity contribution is 5.92. The molecule has 6 aromatic rings. The third-order valence-electron chi connectivity index (χ3n) is 16.6. The zero-order valence-electron chi connectivity index (χ0n) is 47.1. The first-order valence-electron chi connectivity index (χ1n) is 28.0. The quantitative estimate of drug-likeness (QED) is 0.0557. The monoisotopic (exact) mass is 1020 g/mol. The Morgan fingerprint density at radius 2 is 0.797 bits per heavy atom. The number of aromatic nitrogens is 3. The average Bonchev–Trinajstić information content (AvgIpc) is 4.15. The normalized spacial score (nSPS) is 19.7. The van der Waals surface area contributed by atoms with Crippen molar-refractivity contribution >= 4 is 49.8 Å². The lowest BCUT2D eigenvalue weighted by atomic mass is 10.1. The van der Waals surface area contributed by atoms with Gasteiger partial charge in [0.25, 0.3) is 0 Å². The lowest BCUT2D eigenvalue weighted by molar-refractivity contribution is -0.909. The fourth-order valence-corrected chi connectivity index (χ4v) is 11.0. The van der Waals surface area contributed by atoms with Gasteiger partial charge in [-0.1, -0.05) is 18.2 Å². The zero-order valence-corrected chi connectivity index (χ0v) is 47.1. The van der Waals surface area contributed by atoms with E-state index in [1.165, 1.54) is 36.2 Å². The second kappa shape index (κ2) is 26.4. The van der Waals surface area contributed by atoms with E-state index in [2.05, 4.69) is 146 Å². The molecule has 3 aliphatic rings. The molecule has 3 unspecified atom stereocenters. The van der Waals surface area contributed by atoms with Crippen LogP contribution in [0.3, 0.4) is 0 Å². The number of rotatable bonds is 20. The number of ether oxygens (including phenoxy) is 3. The summed E-state index contributed by atoms with van der Waals surface area (Å²) in [6.07, 6.45) is 8.65. The van der Waals surface area contributed by atoms with Crippen LogP contribution in [0.25, 0.3) is 32.7 Å². The van der Waals surface area contributed by atoms with Crippen LogP contribution in [0, 0.1) is 0 Å². The van der Waals surface area contributed by atoms with Crippen molar-refractivity contribution in [1.29, 1.82) is 0 Å². The molecule has 0 saturated carbocycles. The SMILES string of the molecule is CC[N+](C)(CC)CC1CN(CCn2ccc3c(N)cccc32)CCO1.CC[N+](C)(CC)CCC1CN(CCn2ccc3c(N)cccc32)CCO1.C[N+](C)(C)CC1CN(CCn2ccc3c(N)cccc32)CCO1. The molecule has 3 fully saturated rings. The molecular formula is C59H97N12O3+3. The summed E-state index contributed by atoms with van der Waals surface area (Å²) in [6, 6.07) is 24.8. The van der Waals surface area contributed by atoms with Crippen molar-refractivity contribution in [3.8, 4) is 0 Å². The summed E-state index contributed by atoms with van der Waals surface area (Å²) in [5.74, 6) is 0. The number of nitrogens with zero attached hydrogens (tertiary/aromatic N) is 9. The summed E-state index contributed by atoms with van der Waals surface area (Å²) >= 11 is 0. The molecule has 0 radical (unpaired) electrons. The number of nitrogens with two attached hydrogens (primary N) is 3. The number of hydrogen-bond acceptors (Lipinski definition) is 9. The second-order valence-corrected chi connectivity index (χ2v) is 22.9. The predicted octanol–water partition coefficient (Wildman–Crippen LogP) is 6.84. The van der Waals surface area contributed by atoms with Crippen molar-refractivity contribution < 1.29 is 27.7 Å². The molecule has 3 aliphatic heterocycles. The molecule has 3 aromatic heterocycles. The fourth-order valence-electron chi connectivity index (χ4n) is 11.0. The van der Waals surface area contributed by atoms with E-state index in [0.29, 0.717) is 18.3 Å². The van der Waals surface area contributed by atoms with Crippen LogP contribution in [0.15, 0.2) is 91.4 Å². The third kappa shape index (κ3) is 15.7. The minimum atomic E-state index is 0.334. The molecule has 9 rings (SSSR count). The van der Waals surface area contributed by atoms with Crippen molar-refractivity contribution in [2.75, 3.05) is 177 Å². The van der Waals surface area contributed by atoms with Crippen molar-refractivity contribution in [1.82, 2.24) is 28.4 Å². The van der Waals surface area contributed by atoms with Gasteiger partial charge in [-0.2, -0.15) is 0 Å². The molecule has 15 nitrogen and oxygen atoms in total. The standard InChI is InChI=1S/C21H35N4O.C20H33N4O.C18H29N4O/c1-4-25(3,5-2)15-10-18-17-23(14-16-26-18)12-13-24-11-9-19-20(22)7-6-8-21(19)24;1-4-24(3,5-2)16-17-15-22(13-14-25-17)11-12-23-10-9-18-19(21)7-6-8-20(18)23;1-22(2,3)14-15-13-20(11-12-23-15)9-10-21-8-7-16-17(19)5-4-6-18(16)21/h6-9,11,18H,4-5,10,12-17,22H2,1-3H3;6-10,17H,4-5,11-16,21H2,1-3H3;4-8,15H,9-14,19H2,1-3H3/q3*+1. The van der Waals surface area contributed by atoms with Crippen LogP contribution in [0.5, 0.6) is 0 Å². The molecule has 0 aliphatic carbocycles. The number of quaternary nitrogens is 3. The van der Waals surface area contributed by atoms with Crippen LogP contribution in [-0.2, 0) is 33.8 Å². The first-order valence-corrected chi connectivity index (χ1v) is 28.0. The van der Waals surface area contributed by atoms with Gasteiger partial charge in [-0.3, -0.25) is 14.7 Å². The van der Waals surface area contributed by atoms with Crippen LogP contribution in [-0.4, -0.2) is 220 Å². The highest BCUT2D eigenvalue weighted by Gasteiger charge is 2.29. The first kappa shape index (κ1) is 57.0. The highest BCUT2D eigenvalue weighted by atomic mass is 16.5. The molecule has 0 bridgehead atoms.